The minimum atomic E-state index is -6.70. The van der Waals surface area contributed by atoms with Crippen molar-refractivity contribution < 1.29 is 94.6 Å². The van der Waals surface area contributed by atoms with Crippen molar-refractivity contribution in [3.8, 4) is 11.5 Å². The summed E-state index contributed by atoms with van der Waals surface area (Å²) in [5.74, 6) is -2.96. The van der Waals surface area contributed by atoms with Crippen molar-refractivity contribution in [1.82, 2.24) is 0 Å². The van der Waals surface area contributed by atoms with Crippen LogP contribution in [0.5, 0.6) is 11.5 Å². The van der Waals surface area contributed by atoms with E-state index in [-0.39, 0.29) is 22.0 Å². The number of halogens is 7. The Labute approximate surface area is 545 Å². The van der Waals surface area contributed by atoms with Gasteiger partial charge in [0, 0.05) is 39.0 Å². The Hall–Kier alpha value is -5.29. The lowest BCUT2D eigenvalue weighted by atomic mass is 9.84. The van der Waals surface area contributed by atoms with Gasteiger partial charge in [0.1, 0.15) is 11.5 Å². The number of ether oxygens (including phenoxy) is 8. The van der Waals surface area contributed by atoms with E-state index in [0.717, 1.165) is 79.0 Å². The summed E-state index contributed by atoms with van der Waals surface area (Å²) in [5, 5.41) is -10.3. The topological polar surface area (TPSA) is 188 Å². The van der Waals surface area contributed by atoms with Crippen LogP contribution >= 0.6 is 0 Å². The molecule has 3 saturated heterocycles. The number of alkyl halides is 7. The zero-order valence-electron chi connectivity index (χ0n) is 53.0. The Morgan fingerprint density at radius 2 is 0.806 bits per heavy atom. The SMILES string of the molecule is CC1(C)COC(C)(c2ccc([S+](c3ccc(C4CCCCC4)cc3)c3cccc(OC(C(F)(F)F)C(F)(F)S(=O)(=O)[O-])c3)cc2)OC1.CC1(C)COC(C)(c2ccc([S+](c3ccc(OCC(F)(F)S(=O)(=O)[O-])cc3)c3ccc(C4(C)OCC(C)(C)CO4)cc3)cc2)OC1. The molecule has 3 heterocycles. The molecule has 93 heavy (non-hydrogen) atoms. The first-order chi connectivity index (χ1) is 43.2. The molecule has 2 atom stereocenters. The third-order valence-corrected chi connectivity index (χ3v) is 22.7. The molecule has 3 aliphatic heterocycles. The summed E-state index contributed by atoms with van der Waals surface area (Å²) in [5.41, 5.74) is 3.43. The van der Waals surface area contributed by atoms with Gasteiger partial charge >= 0.3 is 16.7 Å². The molecule has 0 bridgehead atoms. The van der Waals surface area contributed by atoms with E-state index >= 15 is 0 Å². The fourth-order valence-electron chi connectivity index (χ4n) is 10.7. The molecule has 0 aromatic heterocycles. The standard InChI is InChI=1S/C34H37F5O6S2.C34H40F2O8S2/c1-31(2)21-43-32(3,44-22-31)25-14-18-28(19-15-25)46(27-16-12-24(13-17-27)23-8-5-4-6-9-23)29-11-7-10-26(20-29)45-30(33(35,36)37)34(38,39)47(40,41)42;1-30(2)19-41-32(5,42-20-30)24-7-13-27(14-8-24)45(29-17-11-26(12-18-29)40-23-34(35,36)46(37,38)39)28-15-9-25(10-16-28)33(6)43-21-31(3,4)22-44-33/h7,10-20,23,30H,4-6,8-9,21-22H2,1-3H3;7-18H,19-23H2,1-6H3. The molecule has 4 aliphatic rings. The first-order valence-electron chi connectivity index (χ1n) is 30.2. The van der Waals surface area contributed by atoms with E-state index < -0.39 is 94.5 Å². The highest BCUT2D eigenvalue weighted by atomic mass is 32.2. The van der Waals surface area contributed by atoms with Gasteiger partial charge in [-0.3, -0.25) is 0 Å². The van der Waals surface area contributed by atoms with Crippen LogP contribution in [0.15, 0.2) is 175 Å². The van der Waals surface area contributed by atoms with E-state index in [2.05, 4.69) is 32.4 Å². The van der Waals surface area contributed by atoms with Crippen molar-refractivity contribution in [3.05, 3.63) is 168 Å². The molecule has 6 aromatic carbocycles. The van der Waals surface area contributed by atoms with Gasteiger partial charge in [-0.05, 0) is 166 Å². The van der Waals surface area contributed by atoms with Crippen LogP contribution in [0.1, 0.15) is 123 Å². The van der Waals surface area contributed by atoms with Crippen molar-refractivity contribution >= 4 is 42.0 Å². The smallest absolute Gasteiger partial charge is 0.432 e. The Kier molecular flexibility index (Phi) is 21.1. The second-order valence-electron chi connectivity index (χ2n) is 26.5. The molecule has 0 N–H and O–H groups in total. The Bertz CT molecular complexity index is 3650. The number of hydrogen-bond donors (Lipinski definition) is 0. The van der Waals surface area contributed by atoms with Gasteiger partial charge in [-0.2, -0.15) is 30.7 Å². The number of benzene rings is 6. The lowest BCUT2D eigenvalue weighted by Gasteiger charge is -2.41. The maximum absolute atomic E-state index is 14.3. The molecule has 1 saturated carbocycles. The molecule has 0 spiro atoms. The molecular weight excluding hydrogens is 1300 g/mol. The lowest BCUT2D eigenvalue weighted by molar-refractivity contribution is -0.298. The Morgan fingerprint density at radius 1 is 0.462 bits per heavy atom. The second-order valence-corrected chi connectivity index (χ2v) is 33.5. The summed E-state index contributed by atoms with van der Waals surface area (Å²) in [6, 6.07) is 43.0. The lowest BCUT2D eigenvalue weighted by Crippen LogP contribution is -2.53. The fraction of sp³-hybridized carbons (Fsp3) is 0.471. The van der Waals surface area contributed by atoms with Crippen molar-refractivity contribution in [1.29, 1.82) is 0 Å². The fourth-order valence-corrected chi connectivity index (χ4v) is 15.5. The highest BCUT2D eigenvalue weighted by Crippen LogP contribution is 2.45. The normalized spacial score (nSPS) is 20.5. The summed E-state index contributed by atoms with van der Waals surface area (Å²) in [6.07, 6.45) is -4.35. The zero-order chi connectivity index (χ0) is 67.9. The van der Waals surface area contributed by atoms with Gasteiger partial charge in [-0.15, -0.1) is 0 Å². The quantitative estimate of drug-likeness (QED) is 0.0449. The van der Waals surface area contributed by atoms with Crippen LogP contribution in [0.25, 0.3) is 0 Å². The molecule has 14 nitrogen and oxygen atoms in total. The average Bonchev–Trinajstić information content (AvgIpc) is 0.867. The zero-order valence-corrected chi connectivity index (χ0v) is 56.3. The van der Waals surface area contributed by atoms with Crippen molar-refractivity contribution in [2.75, 3.05) is 46.2 Å². The summed E-state index contributed by atoms with van der Waals surface area (Å²) in [4.78, 5) is 4.81. The maximum atomic E-state index is 14.3. The molecule has 25 heteroatoms. The van der Waals surface area contributed by atoms with Gasteiger partial charge < -0.3 is 47.0 Å². The largest absolute Gasteiger partial charge is 0.743 e. The first kappa shape index (κ1) is 72.0. The first-order valence-corrected chi connectivity index (χ1v) is 35.4. The third-order valence-electron chi connectivity index (χ3n) is 16.5. The summed E-state index contributed by atoms with van der Waals surface area (Å²) in [7, 11) is -14.2. The van der Waals surface area contributed by atoms with Gasteiger partial charge in [0.25, 0.3) is 6.10 Å². The predicted molar refractivity (Wildman–Crippen MR) is 333 cm³/mol. The molecule has 2 unspecified atom stereocenters. The second kappa shape index (κ2) is 27.3. The summed E-state index contributed by atoms with van der Waals surface area (Å²) in [6.45, 7) is 19.7. The van der Waals surface area contributed by atoms with E-state index in [0.29, 0.717) is 50.5 Å². The van der Waals surface area contributed by atoms with E-state index in [4.69, 9.17) is 33.2 Å². The van der Waals surface area contributed by atoms with Crippen LogP contribution in [0.2, 0.25) is 0 Å². The summed E-state index contributed by atoms with van der Waals surface area (Å²) >= 11 is 0. The van der Waals surface area contributed by atoms with Crippen molar-refractivity contribution in [2.45, 2.75) is 170 Å². The third kappa shape index (κ3) is 17.1. The van der Waals surface area contributed by atoms with E-state index in [1.165, 1.54) is 30.2 Å². The van der Waals surface area contributed by atoms with Crippen LogP contribution in [0.4, 0.5) is 30.7 Å². The highest BCUT2D eigenvalue weighted by Gasteiger charge is 2.62. The molecule has 0 radical (unpaired) electrons. The molecular formula is C68H77F7O14S4. The number of rotatable bonds is 18. The molecule has 6 aromatic rings. The molecule has 0 amide bonds. The highest BCUT2D eigenvalue weighted by molar-refractivity contribution is 7.97. The van der Waals surface area contributed by atoms with Gasteiger partial charge in [0.15, 0.2) is 73.6 Å². The van der Waals surface area contributed by atoms with Crippen LogP contribution in [0, 0.1) is 16.2 Å². The van der Waals surface area contributed by atoms with E-state index in [1.807, 2.05) is 132 Å². The molecule has 4 fully saturated rings. The number of hydrogen-bond acceptors (Lipinski definition) is 14. The summed E-state index contributed by atoms with van der Waals surface area (Å²) < 4.78 is 209. The van der Waals surface area contributed by atoms with Crippen LogP contribution in [0.3, 0.4) is 0 Å². The van der Waals surface area contributed by atoms with Crippen molar-refractivity contribution in [2.24, 2.45) is 16.2 Å². The average molecular weight is 1380 g/mol. The minimum Gasteiger partial charge on any atom is -0.743 e. The van der Waals surface area contributed by atoms with Crippen molar-refractivity contribution in [3.63, 3.8) is 0 Å². The van der Waals surface area contributed by atoms with E-state index in [1.54, 1.807) is 18.2 Å². The Balaban J connectivity index is 0.000000219. The van der Waals surface area contributed by atoms with Crippen LogP contribution < -0.4 is 9.47 Å². The van der Waals surface area contributed by atoms with Gasteiger partial charge in [-0.1, -0.05) is 79.0 Å². The van der Waals surface area contributed by atoms with E-state index in [9.17, 15) is 56.7 Å². The maximum Gasteiger partial charge on any atom is 0.432 e. The van der Waals surface area contributed by atoms with Crippen LogP contribution in [-0.4, -0.2) is 95.0 Å². The predicted octanol–water partition coefficient (Wildman–Crippen LogP) is 15.3. The molecule has 10 rings (SSSR count). The minimum absolute atomic E-state index is 0.00575. The molecule has 1 aliphatic carbocycles. The van der Waals surface area contributed by atoms with Crippen LogP contribution in [-0.2, 0) is 87.8 Å². The monoisotopic (exact) mass is 1380 g/mol. The van der Waals surface area contributed by atoms with Gasteiger partial charge in [0.2, 0.25) is 0 Å². The van der Waals surface area contributed by atoms with Gasteiger partial charge in [0.05, 0.1) is 61.4 Å². The van der Waals surface area contributed by atoms with Gasteiger partial charge in [-0.25, -0.2) is 16.8 Å². The Morgan fingerprint density at radius 3 is 1.15 bits per heavy atom. The molecule has 506 valence electrons.